The van der Waals surface area contributed by atoms with E-state index >= 15 is 0 Å². The van der Waals surface area contributed by atoms with Gasteiger partial charge < -0.3 is 10.6 Å². The average Bonchev–Trinajstić information content (AvgIpc) is 3.11. The van der Waals surface area contributed by atoms with Crippen LogP contribution in [0.5, 0.6) is 0 Å². The van der Waals surface area contributed by atoms with Crippen molar-refractivity contribution in [1.29, 1.82) is 0 Å². The normalized spacial score (nSPS) is 24.2. The summed E-state index contributed by atoms with van der Waals surface area (Å²) in [7, 11) is 0. The predicted molar refractivity (Wildman–Crippen MR) is 94.9 cm³/mol. The Labute approximate surface area is 150 Å². The van der Waals surface area contributed by atoms with Crippen molar-refractivity contribution in [1.82, 2.24) is 15.5 Å². The van der Waals surface area contributed by atoms with E-state index in [9.17, 15) is 14.4 Å². The maximum Gasteiger partial charge on any atom is 0.325 e. The maximum absolute atomic E-state index is 12.5. The van der Waals surface area contributed by atoms with E-state index in [2.05, 4.69) is 10.6 Å². The molecule has 1 saturated heterocycles. The third-order valence-corrected chi connectivity index (χ3v) is 5.96. The minimum Gasteiger partial charge on any atom is -0.353 e. The highest BCUT2D eigenvalue weighted by Crippen LogP contribution is 2.35. The first-order valence-electron chi connectivity index (χ1n) is 10.0. The van der Waals surface area contributed by atoms with Crippen molar-refractivity contribution in [2.24, 2.45) is 0 Å². The fraction of sp³-hybridized carbons (Fsp3) is 0.842. The van der Waals surface area contributed by atoms with E-state index in [1.165, 1.54) is 37.0 Å². The van der Waals surface area contributed by atoms with Gasteiger partial charge in [0.25, 0.3) is 5.91 Å². The Hall–Kier alpha value is -1.59. The molecule has 1 heterocycles. The zero-order valence-corrected chi connectivity index (χ0v) is 15.1. The zero-order valence-electron chi connectivity index (χ0n) is 15.1. The van der Waals surface area contributed by atoms with Crippen molar-refractivity contribution in [2.75, 3.05) is 6.54 Å². The van der Waals surface area contributed by atoms with E-state index in [1.807, 2.05) is 0 Å². The van der Waals surface area contributed by atoms with Crippen molar-refractivity contribution in [2.45, 2.75) is 95.1 Å². The lowest BCUT2D eigenvalue weighted by molar-refractivity contribution is -0.131. The van der Waals surface area contributed by atoms with Crippen LogP contribution in [0.4, 0.5) is 4.79 Å². The third kappa shape index (κ3) is 4.33. The molecule has 0 aromatic carbocycles. The van der Waals surface area contributed by atoms with Crippen LogP contribution in [0.2, 0.25) is 0 Å². The van der Waals surface area contributed by atoms with Crippen molar-refractivity contribution < 1.29 is 14.4 Å². The molecule has 4 amide bonds. The van der Waals surface area contributed by atoms with Crippen molar-refractivity contribution in [3.8, 4) is 0 Å². The molecule has 0 aromatic rings. The van der Waals surface area contributed by atoms with Crippen LogP contribution in [-0.2, 0) is 9.59 Å². The minimum atomic E-state index is -0.641. The molecule has 0 unspecified atom stereocenters. The van der Waals surface area contributed by atoms with Gasteiger partial charge in [-0.3, -0.25) is 14.5 Å². The van der Waals surface area contributed by atoms with Gasteiger partial charge in [0.05, 0.1) is 0 Å². The smallest absolute Gasteiger partial charge is 0.325 e. The Morgan fingerprint density at radius 2 is 1.68 bits per heavy atom. The first-order valence-corrected chi connectivity index (χ1v) is 10.0. The van der Waals surface area contributed by atoms with Crippen LogP contribution in [0.15, 0.2) is 0 Å². The molecule has 2 saturated carbocycles. The fourth-order valence-electron chi connectivity index (χ4n) is 4.49. The second-order valence-corrected chi connectivity index (χ2v) is 7.89. The molecule has 2 N–H and O–H groups in total. The summed E-state index contributed by atoms with van der Waals surface area (Å²) in [5.74, 6) is -0.0383. The van der Waals surface area contributed by atoms with Crippen LogP contribution in [0, 0.1) is 0 Å². The summed E-state index contributed by atoms with van der Waals surface area (Å²) >= 11 is 0. The number of hydrogen-bond donors (Lipinski definition) is 2. The van der Waals surface area contributed by atoms with E-state index in [1.54, 1.807) is 0 Å². The lowest BCUT2D eigenvalue weighted by Gasteiger charge is -2.21. The summed E-state index contributed by atoms with van der Waals surface area (Å²) < 4.78 is 0. The number of carbonyl (C=O) groups is 3. The van der Waals surface area contributed by atoms with E-state index in [0.29, 0.717) is 25.4 Å². The first-order chi connectivity index (χ1) is 12.1. The molecule has 1 aliphatic heterocycles. The lowest BCUT2D eigenvalue weighted by atomic mass is 9.96. The Bertz CT molecular complexity index is 506. The van der Waals surface area contributed by atoms with Crippen LogP contribution in [0.1, 0.15) is 83.5 Å². The molecule has 1 spiro atoms. The number of carbonyl (C=O) groups excluding carboxylic acids is 3. The maximum atomic E-state index is 12.5. The summed E-state index contributed by atoms with van der Waals surface area (Å²) in [6.07, 6.45) is 12.7. The van der Waals surface area contributed by atoms with Crippen molar-refractivity contribution in [3.63, 3.8) is 0 Å². The lowest BCUT2D eigenvalue weighted by Crippen LogP contribution is -2.44. The Morgan fingerprint density at radius 3 is 2.36 bits per heavy atom. The highest BCUT2D eigenvalue weighted by Gasteiger charge is 2.52. The van der Waals surface area contributed by atoms with Crippen LogP contribution < -0.4 is 10.6 Å². The van der Waals surface area contributed by atoms with Gasteiger partial charge in [-0.15, -0.1) is 0 Å². The highest BCUT2D eigenvalue weighted by molar-refractivity contribution is 6.07. The molecule has 3 fully saturated rings. The van der Waals surface area contributed by atoms with Gasteiger partial charge in [0.1, 0.15) is 5.54 Å². The summed E-state index contributed by atoms with van der Waals surface area (Å²) in [4.78, 5) is 38.1. The molecule has 0 atom stereocenters. The quantitative estimate of drug-likeness (QED) is 0.749. The van der Waals surface area contributed by atoms with Gasteiger partial charge in [-0.05, 0) is 32.1 Å². The van der Waals surface area contributed by atoms with Gasteiger partial charge in [0.15, 0.2) is 0 Å². The molecule has 3 aliphatic rings. The summed E-state index contributed by atoms with van der Waals surface area (Å²) in [5, 5.41) is 6.02. The van der Waals surface area contributed by atoms with Gasteiger partial charge in [-0.2, -0.15) is 0 Å². The zero-order chi connectivity index (χ0) is 17.7. The Morgan fingerprint density at radius 1 is 1.04 bits per heavy atom. The summed E-state index contributed by atoms with van der Waals surface area (Å²) in [6.45, 7) is 0.338. The predicted octanol–water partition coefficient (Wildman–Crippen LogP) is 2.86. The van der Waals surface area contributed by atoms with Crippen molar-refractivity contribution >= 4 is 17.8 Å². The van der Waals surface area contributed by atoms with Gasteiger partial charge >= 0.3 is 6.03 Å². The second-order valence-electron chi connectivity index (χ2n) is 7.89. The number of nitrogens with zero attached hydrogens (tertiary/aromatic N) is 1. The molecule has 2 aliphatic carbocycles. The van der Waals surface area contributed by atoms with E-state index < -0.39 is 5.54 Å². The van der Waals surface area contributed by atoms with Gasteiger partial charge in [-0.25, -0.2) is 4.79 Å². The first kappa shape index (κ1) is 18.2. The number of imide groups is 1. The average molecular weight is 349 g/mol. The largest absolute Gasteiger partial charge is 0.353 e. The number of rotatable bonds is 5. The standard InChI is InChI=1S/C19H31N3O3/c23-16(20-15-9-4-2-1-3-5-10-15)11-8-14-22-17(24)19(21-18(22)25)12-6-7-13-19/h15H,1-14H2,(H,20,23)(H,21,25). The summed E-state index contributed by atoms with van der Waals surface area (Å²) in [5.41, 5.74) is -0.641. The van der Waals surface area contributed by atoms with Gasteiger partial charge in [0, 0.05) is 19.0 Å². The number of nitrogens with one attached hydrogen (secondary N) is 2. The SMILES string of the molecule is O=C(CCCN1C(=O)NC2(CCCC2)C1=O)NC1CCCCCCC1. The van der Waals surface area contributed by atoms with Crippen LogP contribution >= 0.6 is 0 Å². The number of urea groups is 1. The Balaban J connectivity index is 1.40. The van der Waals surface area contributed by atoms with Gasteiger partial charge in [0.2, 0.25) is 5.91 Å². The molecule has 0 radical (unpaired) electrons. The van der Waals surface area contributed by atoms with Crippen LogP contribution in [-0.4, -0.2) is 40.9 Å². The number of amides is 4. The molecule has 0 bridgehead atoms. The molecule has 0 aromatic heterocycles. The van der Waals surface area contributed by atoms with Gasteiger partial charge in [-0.1, -0.05) is 44.9 Å². The third-order valence-electron chi connectivity index (χ3n) is 5.96. The number of hydrogen-bond acceptors (Lipinski definition) is 3. The second kappa shape index (κ2) is 8.19. The van der Waals surface area contributed by atoms with Crippen LogP contribution in [0.25, 0.3) is 0 Å². The monoisotopic (exact) mass is 349 g/mol. The fourth-order valence-corrected chi connectivity index (χ4v) is 4.49. The molecule has 25 heavy (non-hydrogen) atoms. The van der Waals surface area contributed by atoms with E-state index in [-0.39, 0.29) is 17.8 Å². The topological polar surface area (TPSA) is 78.5 Å². The molecular formula is C19H31N3O3. The minimum absolute atomic E-state index is 0.0493. The molecule has 3 rings (SSSR count). The molecule has 6 nitrogen and oxygen atoms in total. The van der Waals surface area contributed by atoms with Crippen LogP contribution in [0.3, 0.4) is 0 Å². The van der Waals surface area contributed by atoms with Crippen molar-refractivity contribution in [3.05, 3.63) is 0 Å². The molecule has 6 heteroatoms. The van der Waals surface area contributed by atoms with E-state index in [4.69, 9.17) is 0 Å². The Kier molecular flexibility index (Phi) is 5.97. The highest BCUT2D eigenvalue weighted by atomic mass is 16.2. The summed E-state index contributed by atoms with van der Waals surface area (Å²) in [6, 6.07) is 0.0126. The molecule has 140 valence electrons. The van der Waals surface area contributed by atoms with E-state index in [0.717, 1.165) is 38.5 Å². The molecular weight excluding hydrogens is 318 g/mol.